The lowest BCUT2D eigenvalue weighted by molar-refractivity contribution is 1.26. The van der Waals surface area contributed by atoms with E-state index in [-0.39, 0.29) is 0 Å². The van der Waals surface area contributed by atoms with Gasteiger partial charge in [-0.1, -0.05) is 12.1 Å². The summed E-state index contributed by atoms with van der Waals surface area (Å²) in [5.41, 5.74) is 3.49. The van der Waals surface area contributed by atoms with Crippen molar-refractivity contribution in [1.82, 2.24) is 9.97 Å². The summed E-state index contributed by atoms with van der Waals surface area (Å²) in [4.78, 5) is 10.7. The van der Waals surface area contributed by atoms with Crippen molar-refractivity contribution in [2.45, 2.75) is 9.79 Å². The van der Waals surface area contributed by atoms with Crippen molar-refractivity contribution in [2.75, 3.05) is 0 Å². The third kappa shape index (κ3) is 1.54. The average Bonchev–Trinajstić information content (AvgIpc) is 2.28. The van der Waals surface area contributed by atoms with Crippen molar-refractivity contribution in [2.24, 2.45) is 0 Å². The van der Waals surface area contributed by atoms with E-state index in [0.717, 1.165) is 31.9 Å². The number of hydrogen-bond acceptors (Lipinski definition) is 4. The van der Waals surface area contributed by atoms with E-state index in [9.17, 15) is 0 Å². The van der Waals surface area contributed by atoms with Gasteiger partial charge in [0.25, 0.3) is 0 Å². The second kappa shape index (κ2) is 3.64. The van der Waals surface area contributed by atoms with Crippen molar-refractivity contribution in [3.8, 4) is 0 Å². The van der Waals surface area contributed by atoms with Crippen LogP contribution < -0.4 is 0 Å². The molecule has 1 aromatic heterocycles. The quantitative estimate of drug-likeness (QED) is 0.468. The molecule has 0 fully saturated rings. The zero-order chi connectivity index (χ0) is 11.1. The fourth-order valence-corrected chi connectivity index (χ4v) is 2.02. The number of benzene rings is 2. The summed E-state index contributed by atoms with van der Waals surface area (Å²) in [6, 6.07) is 11.6. The summed E-state index contributed by atoms with van der Waals surface area (Å²) in [6.45, 7) is 0. The van der Waals surface area contributed by atoms with Crippen LogP contribution in [0, 0.1) is 0 Å². The molecule has 0 atom stereocenters. The first kappa shape index (κ1) is 9.93. The van der Waals surface area contributed by atoms with Crippen LogP contribution in [-0.4, -0.2) is 9.97 Å². The van der Waals surface area contributed by atoms with E-state index in [1.54, 1.807) is 0 Å². The van der Waals surface area contributed by atoms with Gasteiger partial charge in [-0.15, -0.1) is 25.3 Å². The minimum absolute atomic E-state index is 0.820. The fourth-order valence-electron chi connectivity index (χ4n) is 1.65. The standard InChI is InChI=1S/C12H8N2S2/c15-11-5-9-10(6-12(11)16)14-8-4-2-1-3-7(8)13-9/h1-6,15-16H. The Bertz CT molecular complexity index is 635. The minimum atomic E-state index is 0.820. The lowest BCUT2D eigenvalue weighted by Gasteiger charge is -2.03. The van der Waals surface area contributed by atoms with Crippen molar-refractivity contribution >= 4 is 47.3 Å². The molecule has 0 saturated carbocycles. The number of rotatable bonds is 0. The SMILES string of the molecule is Sc1cc2nc3ccccc3nc2cc1S. The lowest BCUT2D eigenvalue weighted by atomic mass is 10.2. The van der Waals surface area contributed by atoms with Gasteiger partial charge in [-0.25, -0.2) is 9.97 Å². The molecule has 16 heavy (non-hydrogen) atoms. The van der Waals surface area contributed by atoms with Crippen LogP contribution in [0.3, 0.4) is 0 Å². The molecule has 3 aromatic rings. The third-order valence-corrected chi connectivity index (χ3v) is 3.35. The number of nitrogens with zero attached hydrogens (tertiary/aromatic N) is 2. The molecule has 78 valence electrons. The smallest absolute Gasteiger partial charge is 0.0906 e. The second-order valence-corrected chi connectivity index (χ2v) is 4.51. The molecule has 0 amide bonds. The van der Waals surface area contributed by atoms with Gasteiger partial charge in [-0.2, -0.15) is 0 Å². The maximum absolute atomic E-state index is 4.53. The lowest BCUT2D eigenvalue weighted by Crippen LogP contribution is -1.87. The zero-order valence-electron chi connectivity index (χ0n) is 8.25. The highest BCUT2D eigenvalue weighted by Gasteiger charge is 2.03. The Morgan fingerprint density at radius 1 is 0.688 bits per heavy atom. The molecule has 0 spiro atoms. The Balaban J connectivity index is 2.46. The first-order chi connectivity index (χ1) is 7.74. The van der Waals surface area contributed by atoms with E-state index < -0.39 is 0 Å². The summed E-state index contributed by atoms with van der Waals surface area (Å²) in [5, 5.41) is 0. The molecular formula is C12H8N2S2. The number of hydrogen-bond donors (Lipinski definition) is 2. The summed E-state index contributed by atoms with van der Waals surface area (Å²) in [5.74, 6) is 0. The Kier molecular flexibility index (Phi) is 2.26. The van der Waals surface area contributed by atoms with Gasteiger partial charge in [0.1, 0.15) is 0 Å². The van der Waals surface area contributed by atoms with Crippen LogP contribution in [0.1, 0.15) is 0 Å². The van der Waals surface area contributed by atoms with Gasteiger partial charge in [0.15, 0.2) is 0 Å². The van der Waals surface area contributed by atoms with Crippen molar-refractivity contribution in [3.05, 3.63) is 36.4 Å². The zero-order valence-corrected chi connectivity index (χ0v) is 10.0. The molecule has 0 aliphatic rings. The highest BCUT2D eigenvalue weighted by Crippen LogP contribution is 2.24. The van der Waals surface area contributed by atoms with E-state index in [2.05, 4.69) is 35.2 Å². The van der Waals surface area contributed by atoms with Crippen molar-refractivity contribution in [3.63, 3.8) is 0 Å². The predicted octanol–water partition coefficient (Wildman–Crippen LogP) is 3.36. The number of aromatic nitrogens is 2. The molecule has 0 unspecified atom stereocenters. The summed E-state index contributed by atoms with van der Waals surface area (Å²) in [7, 11) is 0. The van der Waals surface area contributed by atoms with Crippen LogP contribution >= 0.6 is 25.3 Å². The van der Waals surface area contributed by atoms with Gasteiger partial charge >= 0.3 is 0 Å². The van der Waals surface area contributed by atoms with E-state index in [0.29, 0.717) is 0 Å². The molecule has 0 aliphatic carbocycles. The average molecular weight is 244 g/mol. The normalized spacial score (nSPS) is 11.1. The van der Waals surface area contributed by atoms with Crippen molar-refractivity contribution in [1.29, 1.82) is 0 Å². The summed E-state index contributed by atoms with van der Waals surface area (Å²) in [6.07, 6.45) is 0. The van der Waals surface area contributed by atoms with Gasteiger partial charge in [-0.05, 0) is 24.3 Å². The molecule has 0 aliphatic heterocycles. The van der Waals surface area contributed by atoms with E-state index in [1.165, 1.54) is 0 Å². The third-order valence-electron chi connectivity index (χ3n) is 2.44. The van der Waals surface area contributed by atoms with Crippen LogP contribution in [0.15, 0.2) is 46.2 Å². The topological polar surface area (TPSA) is 25.8 Å². The van der Waals surface area contributed by atoms with Crippen molar-refractivity contribution < 1.29 is 0 Å². The number of fused-ring (bicyclic) bond motifs is 2. The first-order valence-electron chi connectivity index (χ1n) is 4.82. The molecule has 0 saturated heterocycles. The highest BCUT2D eigenvalue weighted by atomic mass is 32.1. The number of para-hydroxylation sites is 2. The molecule has 4 heteroatoms. The molecule has 0 bridgehead atoms. The van der Waals surface area contributed by atoms with Crippen LogP contribution in [0.5, 0.6) is 0 Å². The fraction of sp³-hybridized carbons (Fsp3) is 0. The van der Waals surface area contributed by atoms with Gasteiger partial charge in [0.2, 0.25) is 0 Å². The predicted molar refractivity (Wildman–Crippen MR) is 71.5 cm³/mol. The van der Waals surface area contributed by atoms with Crippen LogP contribution in [0.2, 0.25) is 0 Å². The van der Waals surface area contributed by atoms with E-state index in [4.69, 9.17) is 0 Å². The van der Waals surface area contributed by atoms with Gasteiger partial charge < -0.3 is 0 Å². The van der Waals surface area contributed by atoms with E-state index in [1.807, 2.05) is 36.4 Å². The van der Waals surface area contributed by atoms with Crippen LogP contribution in [0.25, 0.3) is 22.1 Å². The summed E-state index contributed by atoms with van der Waals surface area (Å²) < 4.78 is 0. The molecule has 2 aromatic carbocycles. The van der Waals surface area contributed by atoms with Gasteiger partial charge in [0, 0.05) is 9.79 Å². The van der Waals surface area contributed by atoms with Crippen LogP contribution in [0.4, 0.5) is 0 Å². The molecule has 3 rings (SSSR count). The molecule has 2 nitrogen and oxygen atoms in total. The minimum Gasteiger partial charge on any atom is -0.244 e. The Morgan fingerprint density at radius 3 is 1.56 bits per heavy atom. The Hall–Kier alpha value is -1.26. The molecular weight excluding hydrogens is 236 g/mol. The highest BCUT2D eigenvalue weighted by molar-refractivity contribution is 7.83. The Morgan fingerprint density at radius 2 is 1.12 bits per heavy atom. The molecule has 1 heterocycles. The summed E-state index contributed by atoms with van der Waals surface area (Å²) >= 11 is 8.65. The maximum Gasteiger partial charge on any atom is 0.0906 e. The van der Waals surface area contributed by atoms with Gasteiger partial charge in [-0.3, -0.25) is 0 Å². The molecule has 0 radical (unpaired) electrons. The number of thiol groups is 2. The second-order valence-electron chi connectivity index (χ2n) is 3.54. The monoisotopic (exact) mass is 244 g/mol. The van der Waals surface area contributed by atoms with Crippen LogP contribution in [-0.2, 0) is 0 Å². The largest absolute Gasteiger partial charge is 0.244 e. The molecule has 0 N–H and O–H groups in total. The van der Waals surface area contributed by atoms with E-state index >= 15 is 0 Å². The first-order valence-corrected chi connectivity index (χ1v) is 5.72. The maximum atomic E-state index is 4.53. The van der Waals surface area contributed by atoms with Gasteiger partial charge in [0.05, 0.1) is 22.1 Å². The Labute approximate surface area is 104 Å².